The third-order valence-electron chi connectivity index (χ3n) is 6.96. The molecule has 0 spiro atoms. The van der Waals surface area contributed by atoms with Crippen LogP contribution in [-0.4, -0.2) is 57.9 Å². The maximum absolute atomic E-state index is 13.8. The van der Waals surface area contributed by atoms with Crippen molar-refractivity contribution in [2.45, 2.75) is 18.4 Å². The maximum atomic E-state index is 13.8. The molecular formula is C26H23ClN6O4. The molecule has 3 aromatic carbocycles. The summed E-state index contributed by atoms with van der Waals surface area (Å²) in [5.74, 6) is 0.419. The van der Waals surface area contributed by atoms with Gasteiger partial charge in [-0.1, -0.05) is 12.1 Å². The van der Waals surface area contributed by atoms with Crippen LogP contribution in [0.25, 0.3) is 10.8 Å². The smallest absolute Gasteiger partial charge is 0.277 e. The second-order valence-corrected chi connectivity index (χ2v) is 9.40. The van der Waals surface area contributed by atoms with Crippen LogP contribution in [-0.2, 0) is 11.2 Å². The Balaban J connectivity index is 1.28. The van der Waals surface area contributed by atoms with Crippen molar-refractivity contribution in [3.63, 3.8) is 0 Å². The van der Waals surface area contributed by atoms with Crippen LogP contribution in [0.1, 0.15) is 27.5 Å². The van der Waals surface area contributed by atoms with E-state index in [-0.39, 0.29) is 29.2 Å². The number of benzene rings is 3. The number of methoxy groups -OCH3 is 1. The topological polar surface area (TPSA) is 132 Å². The molecule has 2 aliphatic rings. The first-order valence-electron chi connectivity index (χ1n) is 11.7. The van der Waals surface area contributed by atoms with Gasteiger partial charge in [-0.15, -0.1) is 11.6 Å². The number of carbonyl (C=O) groups is 2. The number of rotatable bonds is 5. The van der Waals surface area contributed by atoms with Crippen molar-refractivity contribution in [1.82, 2.24) is 15.4 Å². The number of anilines is 3. The minimum absolute atomic E-state index is 0.0795. The van der Waals surface area contributed by atoms with E-state index in [2.05, 4.69) is 26.0 Å². The quantitative estimate of drug-likeness (QED) is 0.296. The Kier molecular flexibility index (Phi) is 5.60. The number of nitrogens with zero attached hydrogens (tertiary/aromatic N) is 3. The van der Waals surface area contributed by atoms with Gasteiger partial charge in [-0.05, 0) is 35.4 Å². The minimum atomic E-state index is -0.506. The van der Waals surface area contributed by atoms with Crippen LogP contribution >= 0.6 is 11.6 Å². The Bertz CT molecular complexity index is 1540. The average Bonchev–Trinajstić information content (AvgIpc) is 3.66. The Morgan fingerprint density at radius 1 is 1.27 bits per heavy atom. The van der Waals surface area contributed by atoms with Crippen molar-refractivity contribution in [3.8, 4) is 11.5 Å². The highest BCUT2D eigenvalue weighted by Crippen LogP contribution is 2.48. The first-order valence-corrected chi connectivity index (χ1v) is 12.3. The van der Waals surface area contributed by atoms with Crippen LogP contribution in [0.2, 0.25) is 0 Å². The number of carbonyl (C=O) groups excluding carboxylic acids is 2. The first-order chi connectivity index (χ1) is 18.0. The molecule has 6 rings (SSSR count). The highest BCUT2D eigenvalue weighted by Gasteiger charge is 2.39. The average molecular weight is 519 g/mol. The SMILES string of the molecule is COc1cccc2c(O)cc3c(c12)[C@H](CCl)CN3C(=O)C1Cc2cc(NC(=O)c3cn[nH]n3)ccc2N1. The van der Waals surface area contributed by atoms with Gasteiger partial charge in [0.1, 0.15) is 17.5 Å². The fourth-order valence-corrected chi connectivity index (χ4v) is 5.52. The number of halogens is 1. The molecule has 1 aromatic heterocycles. The van der Waals surface area contributed by atoms with Crippen LogP contribution in [0.3, 0.4) is 0 Å². The summed E-state index contributed by atoms with van der Waals surface area (Å²) in [6.07, 6.45) is 1.79. The van der Waals surface area contributed by atoms with Gasteiger partial charge in [-0.25, -0.2) is 0 Å². The lowest BCUT2D eigenvalue weighted by molar-refractivity contribution is -0.119. The van der Waals surface area contributed by atoms with E-state index >= 15 is 0 Å². The predicted molar refractivity (Wildman–Crippen MR) is 140 cm³/mol. The molecule has 4 N–H and O–H groups in total. The number of phenols is 1. The van der Waals surface area contributed by atoms with Crippen molar-refractivity contribution in [2.24, 2.45) is 0 Å². The molecule has 2 atom stereocenters. The van der Waals surface area contributed by atoms with Crippen molar-refractivity contribution < 1.29 is 19.4 Å². The number of phenolic OH excluding ortho intramolecular Hbond substituents is 1. The molecule has 4 aromatic rings. The molecule has 1 unspecified atom stereocenters. The third kappa shape index (κ3) is 3.80. The summed E-state index contributed by atoms with van der Waals surface area (Å²) in [5.41, 5.74) is 4.06. The molecule has 2 aliphatic heterocycles. The van der Waals surface area contributed by atoms with E-state index < -0.39 is 6.04 Å². The Labute approximate surface area is 216 Å². The van der Waals surface area contributed by atoms with Crippen molar-refractivity contribution in [3.05, 3.63) is 65.5 Å². The van der Waals surface area contributed by atoms with E-state index in [9.17, 15) is 14.7 Å². The number of hydrogen-bond acceptors (Lipinski definition) is 7. The van der Waals surface area contributed by atoms with Gasteiger partial charge in [0.15, 0.2) is 5.69 Å². The monoisotopic (exact) mass is 518 g/mol. The van der Waals surface area contributed by atoms with Gasteiger partial charge in [-0.2, -0.15) is 15.4 Å². The molecule has 0 saturated carbocycles. The van der Waals surface area contributed by atoms with E-state index in [0.29, 0.717) is 41.4 Å². The van der Waals surface area contributed by atoms with Crippen LogP contribution in [0.5, 0.6) is 11.5 Å². The summed E-state index contributed by atoms with van der Waals surface area (Å²) < 4.78 is 5.59. The molecule has 2 amide bonds. The van der Waals surface area contributed by atoms with Crippen LogP contribution < -0.4 is 20.3 Å². The molecule has 37 heavy (non-hydrogen) atoms. The Morgan fingerprint density at radius 2 is 2.14 bits per heavy atom. The molecule has 188 valence electrons. The first kappa shape index (κ1) is 23.1. The number of aromatic nitrogens is 3. The summed E-state index contributed by atoms with van der Waals surface area (Å²) in [4.78, 5) is 27.8. The van der Waals surface area contributed by atoms with E-state index in [1.807, 2.05) is 30.3 Å². The largest absolute Gasteiger partial charge is 0.507 e. The molecular weight excluding hydrogens is 496 g/mol. The number of nitrogens with one attached hydrogen (secondary N) is 3. The van der Waals surface area contributed by atoms with Crippen LogP contribution in [0, 0.1) is 0 Å². The standard InChI is InChI=1S/C26H23ClN6O4/c1-37-22-4-2-3-16-21(34)9-20-23(24(16)22)14(10-27)12-33(20)26(36)18-8-13-7-15(5-6-17(13)30-18)29-25(35)19-11-28-32-31-19/h2-7,9,11,14,18,30,34H,8,10,12H2,1H3,(H,29,35)(H,28,31,32)/t14-,18?/m1/s1. The highest BCUT2D eigenvalue weighted by atomic mass is 35.5. The number of aromatic amines is 1. The van der Waals surface area contributed by atoms with Crippen LogP contribution in [0.4, 0.5) is 17.1 Å². The molecule has 0 saturated heterocycles. The van der Waals surface area contributed by atoms with Gasteiger partial charge in [-0.3, -0.25) is 9.59 Å². The van der Waals surface area contributed by atoms with E-state index in [4.69, 9.17) is 16.3 Å². The Hall–Kier alpha value is -4.31. The number of aromatic hydroxyl groups is 1. The molecule has 0 bridgehead atoms. The number of amides is 2. The second kappa shape index (κ2) is 8.97. The van der Waals surface area contributed by atoms with E-state index in [1.165, 1.54) is 6.20 Å². The fourth-order valence-electron chi connectivity index (χ4n) is 5.27. The van der Waals surface area contributed by atoms with Crippen molar-refractivity contribution >= 4 is 51.2 Å². The van der Waals surface area contributed by atoms with Crippen molar-refractivity contribution in [2.75, 3.05) is 35.1 Å². The zero-order chi connectivity index (χ0) is 25.7. The van der Waals surface area contributed by atoms with Crippen LogP contribution in [0.15, 0.2) is 48.7 Å². The van der Waals surface area contributed by atoms with Gasteiger partial charge >= 0.3 is 0 Å². The van der Waals surface area contributed by atoms with E-state index in [1.54, 1.807) is 24.1 Å². The minimum Gasteiger partial charge on any atom is -0.507 e. The van der Waals surface area contributed by atoms with Gasteiger partial charge in [0.05, 0.1) is 19.0 Å². The Morgan fingerprint density at radius 3 is 2.89 bits per heavy atom. The van der Waals surface area contributed by atoms with Gasteiger partial charge in [0.25, 0.3) is 5.91 Å². The second-order valence-electron chi connectivity index (χ2n) is 9.09. The molecule has 0 fully saturated rings. The molecule has 11 heteroatoms. The lowest BCUT2D eigenvalue weighted by Gasteiger charge is -2.22. The normalized spacial score (nSPS) is 17.8. The number of H-pyrrole nitrogens is 1. The van der Waals surface area contributed by atoms with Gasteiger partial charge < -0.3 is 25.4 Å². The number of alkyl halides is 1. The fraction of sp³-hybridized carbons (Fsp3) is 0.231. The summed E-state index contributed by atoms with van der Waals surface area (Å²) in [5, 5.41) is 28.2. The summed E-state index contributed by atoms with van der Waals surface area (Å²) in [6, 6.07) is 12.1. The lowest BCUT2D eigenvalue weighted by atomic mass is 9.94. The number of ether oxygens (including phenoxy) is 1. The van der Waals surface area contributed by atoms with E-state index in [0.717, 1.165) is 22.2 Å². The summed E-state index contributed by atoms with van der Waals surface area (Å²) in [7, 11) is 1.58. The molecule has 0 aliphatic carbocycles. The van der Waals surface area contributed by atoms with Gasteiger partial charge in [0, 0.05) is 53.0 Å². The maximum Gasteiger partial charge on any atom is 0.277 e. The third-order valence-corrected chi connectivity index (χ3v) is 7.33. The zero-order valence-corrected chi connectivity index (χ0v) is 20.5. The number of hydrogen-bond donors (Lipinski definition) is 4. The summed E-state index contributed by atoms with van der Waals surface area (Å²) >= 11 is 6.37. The van der Waals surface area contributed by atoms with Crippen molar-refractivity contribution in [1.29, 1.82) is 0 Å². The molecule has 0 radical (unpaired) electrons. The number of fused-ring (bicyclic) bond motifs is 4. The summed E-state index contributed by atoms with van der Waals surface area (Å²) in [6.45, 7) is 0.405. The molecule has 10 nitrogen and oxygen atoms in total. The van der Waals surface area contributed by atoms with Gasteiger partial charge in [0.2, 0.25) is 5.91 Å². The lowest BCUT2D eigenvalue weighted by Crippen LogP contribution is -2.41. The highest BCUT2D eigenvalue weighted by molar-refractivity contribution is 6.19. The zero-order valence-electron chi connectivity index (χ0n) is 19.8. The molecule has 3 heterocycles. The predicted octanol–water partition coefficient (Wildman–Crippen LogP) is 3.63.